The van der Waals surface area contributed by atoms with E-state index in [4.69, 9.17) is 6.57 Å². The van der Waals surface area contributed by atoms with Crippen molar-refractivity contribution < 1.29 is 13.6 Å². The number of likely N-dealkylation sites (tertiary alicyclic amines) is 1. The molecule has 8 heteroatoms. The third-order valence-electron chi connectivity index (χ3n) is 5.77. The number of nitrogens with zero attached hydrogens (tertiary/aromatic N) is 5. The van der Waals surface area contributed by atoms with Gasteiger partial charge in [-0.25, -0.2) is 8.78 Å². The molecular formula is C20H19F2N5O. The van der Waals surface area contributed by atoms with Crippen LogP contribution in [0.4, 0.5) is 20.4 Å². The SMILES string of the molecule is [C-]#[N+]c1ccc(N2CCC3(CCN(Cc4cc(F)ccc4F)C3=O)CC2)nn1. The summed E-state index contributed by atoms with van der Waals surface area (Å²) in [5.74, 6) is -0.0251. The Labute approximate surface area is 161 Å². The maximum Gasteiger partial charge on any atom is 0.296 e. The first-order valence-electron chi connectivity index (χ1n) is 9.20. The Hall–Kier alpha value is -3.08. The molecule has 0 N–H and O–H groups in total. The van der Waals surface area contributed by atoms with Gasteiger partial charge in [-0.1, -0.05) is 6.57 Å². The van der Waals surface area contributed by atoms with Crippen molar-refractivity contribution in [2.45, 2.75) is 25.8 Å². The van der Waals surface area contributed by atoms with Gasteiger partial charge in [0.25, 0.3) is 5.82 Å². The fraction of sp³-hybridized carbons (Fsp3) is 0.400. The Bertz CT molecular complexity index is 933. The van der Waals surface area contributed by atoms with Crippen LogP contribution < -0.4 is 4.90 Å². The third-order valence-corrected chi connectivity index (χ3v) is 5.77. The summed E-state index contributed by atoms with van der Waals surface area (Å²) in [4.78, 5) is 20.0. The topological polar surface area (TPSA) is 53.7 Å². The molecule has 2 aliphatic rings. The molecule has 4 rings (SSSR count). The summed E-state index contributed by atoms with van der Waals surface area (Å²) < 4.78 is 27.3. The molecule has 0 atom stereocenters. The van der Waals surface area contributed by atoms with E-state index >= 15 is 0 Å². The number of amides is 1. The maximum absolute atomic E-state index is 13.9. The summed E-state index contributed by atoms with van der Waals surface area (Å²) in [6, 6.07) is 6.74. The molecule has 28 heavy (non-hydrogen) atoms. The van der Waals surface area contributed by atoms with Crippen LogP contribution in [0.3, 0.4) is 0 Å². The van der Waals surface area contributed by atoms with E-state index < -0.39 is 17.0 Å². The lowest BCUT2D eigenvalue weighted by molar-refractivity contribution is -0.137. The van der Waals surface area contributed by atoms with E-state index in [-0.39, 0.29) is 23.8 Å². The molecule has 2 aliphatic heterocycles. The number of aromatic nitrogens is 2. The van der Waals surface area contributed by atoms with E-state index in [1.807, 2.05) is 0 Å². The minimum atomic E-state index is -0.503. The largest absolute Gasteiger partial charge is 0.359 e. The second-order valence-electron chi connectivity index (χ2n) is 7.34. The van der Waals surface area contributed by atoms with E-state index in [0.717, 1.165) is 24.6 Å². The van der Waals surface area contributed by atoms with Gasteiger partial charge in [-0.3, -0.25) is 4.79 Å². The van der Waals surface area contributed by atoms with Gasteiger partial charge in [-0.05, 0) is 59.8 Å². The minimum Gasteiger partial charge on any atom is -0.359 e. The lowest BCUT2D eigenvalue weighted by Gasteiger charge is -2.38. The summed E-state index contributed by atoms with van der Waals surface area (Å²) >= 11 is 0. The standard InChI is InChI=1S/C20H19F2N5O/c1-23-17-4-5-18(25-24-17)26-9-6-20(7-10-26)8-11-27(19(20)28)13-14-12-15(21)2-3-16(14)22/h2-5,12H,6-11,13H2. The minimum absolute atomic E-state index is 0.0187. The number of halogens is 2. The normalized spacial score (nSPS) is 18.5. The zero-order valence-corrected chi connectivity index (χ0v) is 15.2. The molecule has 1 aromatic heterocycles. The number of carbonyl (C=O) groups is 1. The molecule has 1 spiro atoms. The van der Waals surface area contributed by atoms with Crippen molar-refractivity contribution in [1.82, 2.24) is 15.1 Å². The zero-order valence-electron chi connectivity index (χ0n) is 15.2. The van der Waals surface area contributed by atoms with Crippen molar-refractivity contribution >= 4 is 17.5 Å². The van der Waals surface area contributed by atoms with Crippen LogP contribution in [0.5, 0.6) is 0 Å². The summed E-state index contributed by atoms with van der Waals surface area (Å²) in [5.41, 5.74) is -0.234. The van der Waals surface area contributed by atoms with Crippen LogP contribution >= 0.6 is 0 Å². The summed E-state index contributed by atoms with van der Waals surface area (Å²) in [5, 5.41) is 7.95. The Morgan fingerprint density at radius 1 is 1.07 bits per heavy atom. The van der Waals surface area contributed by atoms with Gasteiger partial charge < -0.3 is 14.6 Å². The first-order valence-corrected chi connectivity index (χ1v) is 9.20. The molecule has 0 saturated carbocycles. The van der Waals surface area contributed by atoms with Crippen molar-refractivity contribution in [3.05, 3.63) is 58.9 Å². The van der Waals surface area contributed by atoms with Gasteiger partial charge in [0.2, 0.25) is 5.91 Å². The highest BCUT2D eigenvalue weighted by molar-refractivity contribution is 5.85. The predicted molar refractivity (Wildman–Crippen MR) is 98.6 cm³/mol. The third kappa shape index (κ3) is 3.28. The molecule has 0 radical (unpaired) electrons. The summed E-state index contributed by atoms with van der Waals surface area (Å²) in [6.45, 7) is 8.91. The van der Waals surface area contributed by atoms with E-state index in [2.05, 4.69) is 19.9 Å². The van der Waals surface area contributed by atoms with E-state index in [1.165, 1.54) is 0 Å². The van der Waals surface area contributed by atoms with Crippen LogP contribution in [-0.2, 0) is 11.3 Å². The van der Waals surface area contributed by atoms with E-state index in [0.29, 0.717) is 38.3 Å². The molecule has 144 valence electrons. The molecule has 0 aliphatic carbocycles. The van der Waals surface area contributed by atoms with Crippen LogP contribution in [0.1, 0.15) is 24.8 Å². The van der Waals surface area contributed by atoms with E-state index in [1.54, 1.807) is 17.0 Å². The number of anilines is 1. The summed E-state index contributed by atoms with van der Waals surface area (Å²) in [6.07, 6.45) is 2.08. The van der Waals surface area contributed by atoms with Crippen molar-refractivity contribution in [2.75, 3.05) is 24.5 Å². The Morgan fingerprint density at radius 2 is 1.82 bits per heavy atom. The molecule has 0 unspecified atom stereocenters. The van der Waals surface area contributed by atoms with Crippen molar-refractivity contribution in [3.63, 3.8) is 0 Å². The van der Waals surface area contributed by atoms with Gasteiger partial charge in [-0.2, -0.15) is 0 Å². The molecule has 6 nitrogen and oxygen atoms in total. The van der Waals surface area contributed by atoms with Crippen molar-refractivity contribution in [3.8, 4) is 0 Å². The van der Waals surface area contributed by atoms with E-state index in [9.17, 15) is 13.6 Å². The zero-order chi connectivity index (χ0) is 19.7. The second-order valence-corrected chi connectivity index (χ2v) is 7.34. The smallest absolute Gasteiger partial charge is 0.296 e. The van der Waals surface area contributed by atoms with Gasteiger partial charge in [0.05, 0.1) is 5.41 Å². The lowest BCUT2D eigenvalue weighted by Crippen LogP contribution is -2.45. The highest BCUT2D eigenvalue weighted by Gasteiger charge is 2.48. The number of rotatable bonds is 3. The second kappa shape index (κ2) is 7.15. The van der Waals surface area contributed by atoms with Crippen molar-refractivity contribution in [2.24, 2.45) is 5.41 Å². The number of hydrogen-bond donors (Lipinski definition) is 0. The van der Waals surface area contributed by atoms with Gasteiger partial charge >= 0.3 is 0 Å². The number of benzene rings is 1. The number of piperidine rings is 1. The summed E-state index contributed by atoms with van der Waals surface area (Å²) in [7, 11) is 0. The Kier molecular flexibility index (Phi) is 4.67. The average molecular weight is 383 g/mol. The van der Waals surface area contributed by atoms with Gasteiger partial charge in [0, 0.05) is 31.7 Å². The number of carbonyl (C=O) groups excluding carboxylic acids is 1. The van der Waals surface area contributed by atoms with Crippen molar-refractivity contribution in [1.29, 1.82) is 0 Å². The molecule has 1 aromatic carbocycles. The van der Waals surface area contributed by atoms with Gasteiger partial charge in [0.1, 0.15) is 11.6 Å². The molecule has 0 bridgehead atoms. The highest BCUT2D eigenvalue weighted by atomic mass is 19.1. The highest BCUT2D eigenvalue weighted by Crippen LogP contribution is 2.42. The fourth-order valence-electron chi connectivity index (χ4n) is 4.09. The van der Waals surface area contributed by atoms with Crippen LogP contribution in [0.25, 0.3) is 4.85 Å². The molecular weight excluding hydrogens is 364 g/mol. The average Bonchev–Trinajstić information content (AvgIpc) is 3.01. The van der Waals surface area contributed by atoms with Gasteiger partial charge in [0.15, 0.2) is 5.82 Å². The van der Waals surface area contributed by atoms with Crippen LogP contribution in [0.2, 0.25) is 0 Å². The first-order chi connectivity index (χ1) is 13.5. The molecule has 2 fully saturated rings. The van der Waals surface area contributed by atoms with Gasteiger partial charge in [-0.15, -0.1) is 0 Å². The van der Waals surface area contributed by atoms with Crippen LogP contribution in [0.15, 0.2) is 30.3 Å². The molecule has 3 heterocycles. The lowest BCUT2D eigenvalue weighted by atomic mass is 9.77. The Balaban J connectivity index is 1.42. The molecule has 1 amide bonds. The molecule has 2 aromatic rings. The maximum atomic E-state index is 13.9. The molecule has 2 saturated heterocycles. The Morgan fingerprint density at radius 3 is 2.50 bits per heavy atom. The fourth-order valence-corrected chi connectivity index (χ4v) is 4.09. The predicted octanol–water partition coefficient (Wildman–Crippen LogP) is 3.32. The van der Waals surface area contributed by atoms with Crippen LogP contribution in [0, 0.1) is 23.6 Å². The first kappa shape index (κ1) is 18.3. The quantitative estimate of drug-likeness (QED) is 0.763. The number of hydrogen-bond acceptors (Lipinski definition) is 4. The monoisotopic (exact) mass is 383 g/mol. The van der Waals surface area contributed by atoms with Crippen LogP contribution in [-0.4, -0.2) is 40.6 Å².